The minimum Gasteiger partial charge on any atom is -0.497 e. The molecule has 0 saturated carbocycles. The smallest absolute Gasteiger partial charge is 0.216 e. The Bertz CT molecular complexity index is 1240. The van der Waals surface area contributed by atoms with Crippen LogP contribution in [0.1, 0.15) is 39.0 Å². The highest BCUT2D eigenvalue weighted by Gasteiger charge is 2.14. The fourth-order valence-electron chi connectivity index (χ4n) is 3.62. The number of carbonyl (C=O) groups is 1. The summed E-state index contributed by atoms with van der Waals surface area (Å²) < 4.78 is 5.41. The number of aromatic amines is 1. The Morgan fingerprint density at radius 1 is 1.06 bits per heavy atom. The number of rotatable bonds is 7. The van der Waals surface area contributed by atoms with Gasteiger partial charge in [-0.3, -0.25) is 4.79 Å². The Morgan fingerprint density at radius 2 is 1.76 bits per heavy atom. The number of benzene rings is 2. The van der Waals surface area contributed by atoms with Crippen LogP contribution >= 0.6 is 23.5 Å². The highest BCUT2D eigenvalue weighted by atomic mass is 32.2. The molecule has 0 unspecified atom stereocenters. The number of hydrogen-bond acceptors (Lipinski definition) is 4. The van der Waals surface area contributed by atoms with Crippen LogP contribution in [0.4, 0.5) is 0 Å². The minimum atomic E-state index is -0.0180. The second-order valence-corrected chi connectivity index (χ2v) is 9.79. The average molecular weight is 493 g/mol. The summed E-state index contributed by atoms with van der Waals surface area (Å²) in [6, 6.07) is 14.5. The van der Waals surface area contributed by atoms with Gasteiger partial charge in [-0.05, 0) is 61.4 Å². The van der Waals surface area contributed by atoms with Crippen molar-refractivity contribution in [2.75, 3.05) is 13.7 Å². The molecule has 2 aromatic carbocycles. The zero-order valence-electron chi connectivity index (χ0n) is 20.4. The van der Waals surface area contributed by atoms with Crippen molar-refractivity contribution >= 4 is 46.4 Å². The summed E-state index contributed by atoms with van der Waals surface area (Å²) in [4.78, 5) is 20.0. The number of methoxy groups -OCH3 is 1. The van der Waals surface area contributed by atoms with Gasteiger partial charge in [0.25, 0.3) is 0 Å². The van der Waals surface area contributed by atoms with Crippen LogP contribution in [0.25, 0.3) is 17.0 Å². The molecule has 1 aliphatic rings. The number of aromatic nitrogens is 1. The van der Waals surface area contributed by atoms with Gasteiger partial charge in [0.1, 0.15) is 5.75 Å². The lowest BCUT2D eigenvalue weighted by atomic mass is 10.1. The fraction of sp³-hybridized carbons (Fsp3) is 0.250. The molecular weight excluding hydrogens is 460 g/mol. The van der Waals surface area contributed by atoms with Crippen molar-refractivity contribution in [3.63, 3.8) is 0 Å². The van der Waals surface area contributed by atoms with Crippen LogP contribution in [0.15, 0.2) is 80.3 Å². The first-order chi connectivity index (χ1) is 16.5. The summed E-state index contributed by atoms with van der Waals surface area (Å²) >= 11 is 3.64. The first-order valence-corrected chi connectivity index (χ1v) is 13.1. The predicted molar refractivity (Wildman–Crippen MR) is 148 cm³/mol. The molecule has 2 N–H and O–H groups in total. The van der Waals surface area contributed by atoms with E-state index in [1.165, 1.54) is 25.2 Å². The number of amides is 1. The average Bonchev–Trinajstić information content (AvgIpc) is 3.19. The molecule has 0 radical (unpaired) electrons. The van der Waals surface area contributed by atoms with Crippen LogP contribution in [0, 0.1) is 0 Å². The van der Waals surface area contributed by atoms with Gasteiger partial charge in [-0.2, -0.15) is 0 Å². The zero-order valence-corrected chi connectivity index (χ0v) is 22.0. The second-order valence-electron chi connectivity index (χ2n) is 7.45. The van der Waals surface area contributed by atoms with E-state index in [-0.39, 0.29) is 5.91 Å². The van der Waals surface area contributed by atoms with Crippen molar-refractivity contribution in [1.29, 1.82) is 0 Å². The van der Waals surface area contributed by atoms with Crippen molar-refractivity contribution in [3.8, 4) is 5.75 Å². The highest BCUT2D eigenvalue weighted by molar-refractivity contribution is 8.09. The summed E-state index contributed by atoms with van der Waals surface area (Å²) in [5, 5.41) is 4.01. The Balaban J connectivity index is 0.00000158. The van der Waals surface area contributed by atoms with E-state index in [2.05, 4.69) is 65.8 Å². The number of ether oxygens (including phenoxy) is 1. The third-order valence-corrected chi connectivity index (χ3v) is 7.79. The van der Waals surface area contributed by atoms with E-state index >= 15 is 0 Å². The van der Waals surface area contributed by atoms with E-state index in [1.54, 1.807) is 14.0 Å². The predicted octanol–water partition coefficient (Wildman–Crippen LogP) is 7.58. The molecular formula is C28H32N2O2S2. The van der Waals surface area contributed by atoms with Crippen LogP contribution in [-0.2, 0) is 11.2 Å². The van der Waals surface area contributed by atoms with Crippen molar-refractivity contribution < 1.29 is 9.53 Å². The maximum atomic E-state index is 11.3. The molecule has 4 rings (SSSR count). The number of fused-ring (bicyclic) bond motifs is 2. The van der Waals surface area contributed by atoms with Crippen molar-refractivity contribution in [1.82, 2.24) is 10.3 Å². The third-order valence-electron chi connectivity index (χ3n) is 5.20. The number of carbonyl (C=O) groups excluding carboxylic acids is 1. The van der Waals surface area contributed by atoms with Gasteiger partial charge in [0.15, 0.2) is 0 Å². The number of hydrogen-bond donors (Lipinski definition) is 2. The molecule has 2 heterocycles. The maximum Gasteiger partial charge on any atom is 0.216 e. The van der Waals surface area contributed by atoms with Gasteiger partial charge in [-0.15, -0.1) is 0 Å². The van der Waals surface area contributed by atoms with E-state index in [1.807, 2.05) is 55.6 Å². The summed E-state index contributed by atoms with van der Waals surface area (Å²) in [7, 11) is 1.67. The summed E-state index contributed by atoms with van der Waals surface area (Å²) in [6.07, 6.45) is 9.15. The van der Waals surface area contributed by atoms with E-state index in [0.29, 0.717) is 6.54 Å². The van der Waals surface area contributed by atoms with Crippen LogP contribution in [-0.4, -0.2) is 24.5 Å². The molecule has 1 aromatic heterocycles. The van der Waals surface area contributed by atoms with E-state index in [0.717, 1.165) is 28.8 Å². The fourth-order valence-corrected chi connectivity index (χ4v) is 5.78. The van der Waals surface area contributed by atoms with Crippen molar-refractivity contribution in [2.24, 2.45) is 0 Å². The number of thioether (sulfide) groups is 2. The lowest BCUT2D eigenvalue weighted by molar-refractivity contribution is -0.118. The van der Waals surface area contributed by atoms with Crippen LogP contribution in [0.5, 0.6) is 5.75 Å². The molecule has 1 aliphatic heterocycles. The van der Waals surface area contributed by atoms with Gasteiger partial charge < -0.3 is 15.0 Å². The molecule has 178 valence electrons. The molecule has 4 nitrogen and oxygen atoms in total. The van der Waals surface area contributed by atoms with Crippen molar-refractivity contribution in [2.45, 2.75) is 43.9 Å². The topological polar surface area (TPSA) is 54.1 Å². The first kappa shape index (κ1) is 25.8. The lowest BCUT2D eigenvalue weighted by Gasteiger charge is -2.17. The van der Waals surface area contributed by atoms with Gasteiger partial charge >= 0.3 is 0 Å². The molecule has 0 fully saturated rings. The van der Waals surface area contributed by atoms with Gasteiger partial charge in [0.05, 0.1) is 7.11 Å². The summed E-state index contributed by atoms with van der Waals surface area (Å²) in [6.45, 7) is 8.30. The van der Waals surface area contributed by atoms with Gasteiger partial charge in [-0.1, -0.05) is 61.7 Å². The summed E-state index contributed by atoms with van der Waals surface area (Å²) in [5.74, 6) is 0.803. The van der Waals surface area contributed by atoms with Gasteiger partial charge in [0.2, 0.25) is 5.91 Å². The number of H-pyrrole nitrogens is 1. The molecule has 0 atom stereocenters. The standard InChI is InChI=1S/C26H26N2O2S2.C2H6/c1-17-24(32-26-11-7-6-10-25(26)31-17)9-5-4-8-22-20(14-15-27-18(2)29)21-16-19(30-3)12-13-23(21)28-22;1-2/h4-13,16,28H,14-15H2,1-3H3,(H,27,29);1-2H3/b8-4+,9-5-;. The second kappa shape index (κ2) is 12.6. The van der Waals surface area contributed by atoms with Gasteiger partial charge in [0, 0.05) is 49.7 Å². The Hall–Kier alpha value is -2.83. The molecule has 0 spiro atoms. The van der Waals surface area contributed by atoms with E-state index in [9.17, 15) is 4.79 Å². The molecule has 34 heavy (non-hydrogen) atoms. The molecule has 0 aliphatic carbocycles. The minimum absolute atomic E-state index is 0.0180. The Labute approximate surface area is 210 Å². The van der Waals surface area contributed by atoms with Crippen LogP contribution < -0.4 is 10.1 Å². The SMILES string of the molecule is CC.COc1ccc2[nH]c(/C=C/C=C\C3=C(C)Sc4ccccc4S3)c(CCNC(C)=O)c2c1. The summed E-state index contributed by atoms with van der Waals surface area (Å²) in [5.41, 5.74) is 3.27. The largest absolute Gasteiger partial charge is 0.497 e. The zero-order chi connectivity index (χ0) is 24.5. The molecule has 1 amide bonds. The Morgan fingerprint density at radius 3 is 2.47 bits per heavy atom. The maximum absolute atomic E-state index is 11.3. The monoisotopic (exact) mass is 492 g/mol. The van der Waals surface area contributed by atoms with Crippen molar-refractivity contribution in [3.05, 3.63) is 81.8 Å². The normalized spacial score (nSPS) is 13.2. The van der Waals surface area contributed by atoms with Crippen LogP contribution in [0.2, 0.25) is 0 Å². The van der Waals surface area contributed by atoms with Gasteiger partial charge in [-0.25, -0.2) is 0 Å². The van der Waals surface area contributed by atoms with Crippen LogP contribution in [0.3, 0.4) is 0 Å². The number of nitrogens with one attached hydrogen (secondary N) is 2. The molecule has 3 aromatic rings. The number of allylic oxidation sites excluding steroid dienone is 4. The highest BCUT2D eigenvalue weighted by Crippen LogP contribution is 2.46. The van der Waals surface area contributed by atoms with E-state index < -0.39 is 0 Å². The Kier molecular flexibility index (Phi) is 9.54. The first-order valence-electron chi connectivity index (χ1n) is 11.5. The third kappa shape index (κ3) is 6.39. The lowest BCUT2D eigenvalue weighted by Crippen LogP contribution is -2.22. The molecule has 0 bridgehead atoms. The molecule has 0 saturated heterocycles. The van der Waals surface area contributed by atoms with E-state index in [4.69, 9.17) is 4.74 Å². The molecule has 6 heteroatoms. The quantitative estimate of drug-likeness (QED) is 0.334.